The molecule has 26 heavy (non-hydrogen) atoms. The zero-order valence-electron chi connectivity index (χ0n) is 15.5. The first-order chi connectivity index (χ1) is 12.4. The van der Waals surface area contributed by atoms with Crippen molar-refractivity contribution in [2.45, 2.75) is 32.2 Å². The van der Waals surface area contributed by atoms with E-state index >= 15 is 0 Å². The Labute approximate surface area is 154 Å². The maximum atomic E-state index is 12.6. The van der Waals surface area contributed by atoms with E-state index in [-0.39, 0.29) is 17.4 Å². The molecule has 0 bridgehead atoms. The van der Waals surface area contributed by atoms with Crippen molar-refractivity contribution < 1.29 is 4.79 Å². The third-order valence-corrected chi connectivity index (χ3v) is 4.40. The molecule has 1 N–H and O–H groups in total. The summed E-state index contributed by atoms with van der Waals surface area (Å²) in [7, 11) is 0. The van der Waals surface area contributed by atoms with Crippen LogP contribution in [-0.2, 0) is 5.54 Å². The van der Waals surface area contributed by atoms with Gasteiger partial charge in [0.05, 0.1) is 17.3 Å². The number of nitrogens with one attached hydrogen (secondary N) is 1. The highest BCUT2D eigenvalue weighted by atomic mass is 16.1. The van der Waals surface area contributed by atoms with Gasteiger partial charge in [-0.15, -0.1) is 0 Å². The van der Waals surface area contributed by atoms with E-state index in [2.05, 4.69) is 55.5 Å². The topological polar surface area (TPSA) is 46.9 Å². The molecule has 0 aliphatic carbocycles. The first-order valence-electron chi connectivity index (χ1n) is 8.88. The van der Waals surface area contributed by atoms with Crippen LogP contribution < -0.4 is 5.32 Å². The molecule has 0 radical (unpaired) electrons. The molecule has 1 amide bonds. The Bertz CT molecular complexity index is 808. The van der Waals surface area contributed by atoms with Gasteiger partial charge in [0.25, 0.3) is 5.91 Å². The van der Waals surface area contributed by atoms with E-state index in [1.54, 1.807) is 12.4 Å². The Hall–Kier alpha value is -2.88. The minimum Gasteiger partial charge on any atom is -0.351 e. The molecule has 1 heterocycles. The predicted molar refractivity (Wildman–Crippen MR) is 104 cm³/mol. The molecule has 0 saturated heterocycles. The normalized spacial score (nSPS) is 11.5. The van der Waals surface area contributed by atoms with Crippen LogP contribution in [0.1, 0.15) is 48.2 Å². The van der Waals surface area contributed by atoms with Crippen molar-refractivity contribution in [2.75, 3.05) is 6.54 Å². The molecule has 0 aliphatic heterocycles. The third kappa shape index (κ3) is 4.20. The largest absolute Gasteiger partial charge is 0.351 e. The summed E-state index contributed by atoms with van der Waals surface area (Å²) in [6.45, 7) is 6.71. The number of nitrogens with zero attached hydrogens (tertiary/aromatic N) is 2. The number of rotatable bonds is 5. The number of carbonyl (C=O) groups is 1. The molecule has 0 fully saturated rings. The minimum absolute atomic E-state index is 0.0997. The van der Waals surface area contributed by atoms with E-state index in [0.717, 1.165) is 0 Å². The fourth-order valence-corrected chi connectivity index (χ4v) is 2.90. The van der Waals surface area contributed by atoms with Gasteiger partial charge in [0, 0.05) is 18.7 Å². The highest BCUT2D eigenvalue weighted by molar-refractivity contribution is 5.93. The predicted octanol–water partition coefficient (Wildman–Crippen LogP) is 4.20. The first kappa shape index (κ1) is 17.9. The lowest BCUT2D eigenvalue weighted by molar-refractivity contribution is 0.0952. The lowest BCUT2D eigenvalue weighted by Gasteiger charge is -2.19. The fourth-order valence-electron chi connectivity index (χ4n) is 2.90. The summed E-state index contributed by atoms with van der Waals surface area (Å²) in [6, 6.07) is 20.5. The molecule has 4 nitrogen and oxygen atoms in total. The van der Waals surface area contributed by atoms with Crippen molar-refractivity contribution in [1.29, 1.82) is 0 Å². The quantitative estimate of drug-likeness (QED) is 0.752. The summed E-state index contributed by atoms with van der Waals surface area (Å²) in [6.07, 6.45) is 3.43. The summed E-state index contributed by atoms with van der Waals surface area (Å²) in [5.41, 5.74) is 2.81. The molecule has 0 saturated carbocycles. The smallest absolute Gasteiger partial charge is 0.254 e. The number of aromatic nitrogens is 2. The molecule has 0 aliphatic rings. The average molecular weight is 347 g/mol. The van der Waals surface area contributed by atoms with Gasteiger partial charge in [-0.2, -0.15) is 5.10 Å². The molecule has 3 rings (SSSR count). The van der Waals surface area contributed by atoms with Gasteiger partial charge in [0.2, 0.25) is 0 Å². The molecule has 0 spiro atoms. The van der Waals surface area contributed by atoms with Gasteiger partial charge in [0.15, 0.2) is 0 Å². The van der Waals surface area contributed by atoms with Crippen molar-refractivity contribution in [3.05, 3.63) is 89.7 Å². The Morgan fingerprint density at radius 3 is 2.00 bits per heavy atom. The van der Waals surface area contributed by atoms with Crippen LogP contribution in [0.15, 0.2) is 73.1 Å². The second-order valence-corrected chi connectivity index (χ2v) is 7.43. The summed E-state index contributed by atoms with van der Waals surface area (Å²) in [5.74, 6) is 0.0105. The van der Waals surface area contributed by atoms with Gasteiger partial charge < -0.3 is 5.32 Å². The maximum absolute atomic E-state index is 12.6. The number of hydrogen-bond acceptors (Lipinski definition) is 2. The lowest BCUT2D eigenvalue weighted by atomic mass is 9.91. The second-order valence-electron chi connectivity index (χ2n) is 7.43. The molecule has 134 valence electrons. The van der Waals surface area contributed by atoms with Crippen LogP contribution in [0.3, 0.4) is 0 Å². The SMILES string of the molecule is CC(C)(C)n1cc(C(=O)NCC(c2ccccc2)c2ccccc2)cn1. The van der Waals surface area contributed by atoms with Gasteiger partial charge in [-0.1, -0.05) is 60.7 Å². The molecule has 3 aromatic rings. The Morgan fingerprint density at radius 1 is 1.00 bits per heavy atom. The zero-order valence-corrected chi connectivity index (χ0v) is 15.5. The Balaban J connectivity index is 1.76. The highest BCUT2D eigenvalue weighted by Gasteiger charge is 2.19. The summed E-state index contributed by atoms with van der Waals surface area (Å²) >= 11 is 0. The third-order valence-electron chi connectivity index (χ3n) is 4.40. The van der Waals surface area contributed by atoms with E-state index < -0.39 is 0 Å². The van der Waals surface area contributed by atoms with Gasteiger partial charge in [-0.3, -0.25) is 9.48 Å². The summed E-state index contributed by atoms with van der Waals surface area (Å²) < 4.78 is 1.81. The molecule has 0 atom stereocenters. The van der Waals surface area contributed by atoms with Crippen LogP contribution in [-0.4, -0.2) is 22.2 Å². The zero-order chi connectivity index (χ0) is 18.6. The number of benzene rings is 2. The van der Waals surface area contributed by atoms with Crippen LogP contribution in [0.25, 0.3) is 0 Å². The number of carbonyl (C=O) groups excluding carboxylic acids is 1. The average Bonchev–Trinajstić information content (AvgIpc) is 3.14. The highest BCUT2D eigenvalue weighted by Crippen LogP contribution is 2.24. The van der Waals surface area contributed by atoms with E-state index in [4.69, 9.17) is 0 Å². The standard InChI is InChI=1S/C22H25N3O/c1-22(2,3)25-16-19(14-24-25)21(26)23-15-20(17-10-6-4-7-11-17)18-12-8-5-9-13-18/h4-14,16,20H,15H2,1-3H3,(H,23,26). The molecule has 0 unspecified atom stereocenters. The van der Waals surface area contributed by atoms with Crippen molar-refractivity contribution in [1.82, 2.24) is 15.1 Å². The number of amides is 1. The fraction of sp³-hybridized carbons (Fsp3) is 0.273. The van der Waals surface area contributed by atoms with E-state index in [9.17, 15) is 4.79 Å². The molecule has 2 aromatic carbocycles. The van der Waals surface area contributed by atoms with E-state index in [1.807, 2.05) is 41.1 Å². The van der Waals surface area contributed by atoms with Gasteiger partial charge in [0.1, 0.15) is 0 Å². The minimum atomic E-state index is -0.144. The summed E-state index contributed by atoms with van der Waals surface area (Å²) in [4.78, 5) is 12.6. The maximum Gasteiger partial charge on any atom is 0.254 e. The van der Waals surface area contributed by atoms with Crippen molar-refractivity contribution >= 4 is 5.91 Å². The van der Waals surface area contributed by atoms with Gasteiger partial charge in [-0.05, 0) is 31.9 Å². The lowest BCUT2D eigenvalue weighted by Crippen LogP contribution is -2.29. The Kier molecular flexibility index (Phi) is 5.21. The molecule has 1 aromatic heterocycles. The summed E-state index contributed by atoms with van der Waals surface area (Å²) in [5, 5.41) is 7.38. The number of hydrogen-bond donors (Lipinski definition) is 1. The van der Waals surface area contributed by atoms with Crippen LogP contribution >= 0.6 is 0 Å². The van der Waals surface area contributed by atoms with Crippen LogP contribution in [0.2, 0.25) is 0 Å². The van der Waals surface area contributed by atoms with E-state index in [1.165, 1.54) is 11.1 Å². The molecule has 4 heteroatoms. The molecular weight excluding hydrogens is 322 g/mol. The van der Waals surface area contributed by atoms with Gasteiger partial charge in [-0.25, -0.2) is 0 Å². The van der Waals surface area contributed by atoms with Crippen molar-refractivity contribution in [3.63, 3.8) is 0 Å². The van der Waals surface area contributed by atoms with Crippen molar-refractivity contribution in [3.8, 4) is 0 Å². The monoisotopic (exact) mass is 347 g/mol. The van der Waals surface area contributed by atoms with E-state index in [0.29, 0.717) is 12.1 Å². The van der Waals surface area contributed by atoms with Crippen LogP contribution in [0.5, 0.6) is 0 Å². The molecular formula is C22H25N3O. The van der Waals surface area contributed by atoms with Crippen molar-refractivity contribution in [2.24, 2.45) is 0 Å². The van der Waals surface area contributed by atoms with Crippen LogP contribution in [0.4, 0.5) is 0 Å². The van der Waals surface area contributed by atoms with Crippen LogP contribution in [0, 0.1) is 0 Å². The van der Waals surface area contributed by atoms with Gasteiger partial charge >= 0.3 is 0 Å². The first-order valence-corrected chi connectivity index (χ1v) is 8.88. The second kappa shape index (κ2) is 7.56. The Morgan fingerprint density at radius 2 is 1.54 bits per heavy atom.